The monoisotopic (exact) mass is 172 g/mol. The Hall–Kier alpha value is -0.860. The van der Waals surface area contributed by atoms with Gasteiger partial charge in [-0.2, -0.15) is 0 Å². The summed E-state index contributed by atoms with van der Waals surface area (Å²) in [5.41, 5.74) is -1.70. The molecule has 2 nitrogen and oxygen atoms in total. The van der Waals surface area contributed by atoms with Crippen molar-refractivity contribution in [3.05, 3.63) is 12.3 Å². The van der Waals surface area contributed by atoms with Crippen molar-refractivity contribution in [1.82, 2.24) is 0 Å². The molecule has 0 heterocycles. The standard InChI is InChI=1S/C9H13FO2/c10-9(8(12)4-7-11)5-2-1-3-6-9/h4,7,11H,1-3,5-6H2. The fourth-order valence-electron chi connectivity index (χ4n) is 1.58. The smallest absolute Gasteiger partial charge is 0.195 e. The van der Waals surface area contributed by atoms with Crippen LogP contribution in [0.15, 0.2) is 12.3 Å². The van der Waals surface area contributed by atoms with Gasteiger partial charge in [0.1, 0.15) is 0 Å². The fourth-order valence-corrected chi connectivity index (χ4v) is 1.58. The lowest BCUT2D eigenvalue weighted by Gasteiger charge is -2.26. The number of aliphatic hydroxyl groups is 1. The molecule has 1 aliphatic carbocycles. The van der Waals surface area contributed by atoms with Gasteiger partial charge >= 0.3 is 0 Å². The lowest BCUT2D eigenvalue weighted by atomic mass is 9.83. The molecule has 0 aromatic carbocycles. The first-order valence-corrected chi connectivity index (χ1v) is 4.23. The molecule has 0 aromatic heterocycles. The Bertz CT molecular complexity index is 193. The lowest BCUT2D eigenvalue weighted by Crippen LogP contribution is -2.34. The van der Waals surface area contributed by atoms with Crippen molar-refractivity contribution in [2.75, 3.05) is 0 Å². The van der Waals surface area contributed by atoms with Crippen molar-refractivity contribution in [3.63, 3.8) is 0 Å². The van der Waals surface area contributed by atoms with Crippen LogP contribution >= 0.6 is 0 Å². The number of hydrogen-bond donors (Lipinski definition) is 1. The van der Waals surface area contributed by atoms with Gasteiger partial charge in [-0.3, -0.25) is 4.79 Å². The van der Waals surface area contributed by atoms with E-state index < -0.39 is 11.5 Å². The van der Waals surface area contributed by atoms with E-state index in [1.165, 1.54) is 0 Å². The van der Waals surface area contributed by atoms with Crippen LogP contribution < -0.4 is 0 Å². The molecule has 1 fully saturated rings. The number of alkyl halides is 1. The Kier molecular flexibility index (Phi) is 2.84. The maximum atomic E-state index is 13.6. The third-order valence-corrected chi connectivity index (χ3v) is 2.31. The van der Waals surface area contributed by atoms with Crippen LogP contribution in [0.3, 0.4) is 0 Å². The zero-order chi connectivity index (χ0) is 9.03. The maximum absolute atomic E-state index is 13.6. The van der Waals surface area contributed by atoms with Crippen molar-refractivity contribution in [3.8, 4) is 0 Å². The third-order valence-electron chi connectivity index (χ3n) is 2.31. The van der Waals surface area contributed by atoms with E-state index in [1.807, 2.05) is 0 Å². The summed E-state index contributed by atoms with van der Waals surface area (Å²) in [6.07, 6.45) is 4.65. The summed E-state index contributed by atoms with van der Waals surface area (Å²) < 4.78 is 13.6. The number of carbonyl (C=O) groups excluding carboxylic acids is 1. The molecule has 68 valence electrons. The number of ketones is 1. The summed E-state index contributed by atoms with van der Waals surface area (Å²) in [6.45, 7) is 0. The number of rotatable bonds is 2. The summed E-state index contributed by atoms with van der Waals surface area (Å²) in [5, 5.41) is 8.31. The fraction of sp³-hybridized carbons (Fsp3) is 0.667. The molecule has 3 heteroatoms. The summed E-state index contributed by atoms with van der Waals surface area (Å²) in [6, 6.07) is 0. The summed E-state index contributed by atoms with van der Waals surface area (Å²) in [4.78, 5) is 11.1. The van der Waals surface area contributed by atoms with Gasteiger partial charge in [0.25, 0.3) is 0 Å². The Morgan fingerprint density at radius 2 is 1.92 bits per heavy atom. The van der Waals surface area contributed by atoms with Crippen molar-refractivity contribution in [2.45, 2.75) is 37.8 Å². The Morgan fingerprint density at radius 3 is 2.42 bits per heavy atom. The van der Waals surface area contributed by atoms with Gasteiger partial charge in [0.15, 0.2) is 11.5 Å². The molecule has 1 saturated carbocycles. The quantitative estimate of drug-likeness (QED) is 0.512. The second-order valence-corrected chi connectivity index (χ2v) is 3.21. The highest BCUT2D eigenvalue weighted by Gasteiger charge is 2.37. The summed E-state index contributed by atoms with van der Waals surface area (Å²) >= 11 is 0. The van der Waals surface area contributed by atoms with Gasteiger partial charge < -0.3 is 5.11 Å². The average Bonchev–Trinajstić information content (AvgIpc) is 2.06. The normalized spacial score (nSPS) is 22.8. The number of hydrogen-bond acceptors (Lipinski definition) is 2. The van der Waals surface area contributed by atoms with Crippen molar-refractivity contribution >= 4 is 5.78 Å². The predicted octanol–water partition coefficient (Wildman–Crippen LogP) is 2.30. The first-order valence-electron chi connectivity index (χ1n) is 4.23. The summed E-state index contributed by atoms with van der Waals surface area (Å²) in [7, 11) is 0. The van der Waals surface area contributed by atoms with Crippen LogP contribution in [-0.2, 0) is 4.79 Å². The minimum Gasteiger partial charge on any atom is -0.515 e. The zero-order valence-corrected chi connectivity index (χ0v) is 6.92. The number of aliphatic hydroxyl groups excluding tert-OH is 1. The van der Waals surface area contributed by atoms with Crippen molar-refractivity contribution < 1.29 is 14.3 Å². The maximum Gasteiger partial charge on any atom is 0.195 e. The van der Waals surface area contributed by atoms with E-state index in [0.717, 1.165) is 25.3 Å². The van der Waals surface area contributed by atoms with Gasteiger partial charge in [0.2, 0.25) is 0 Å². The Balaban J connectivity index is 2.62. The van der Waals surface area contributed by atoms with Gasteiger partial charge in [0, 0.05) is 6.08 Å². The molecule has 0 aliphatic heterocycles. The van der Waals surface area contributed by atoms with Crippen LogP contribution in [0.1, 0.15) is 32.1 Å². The highest BCUT2D eigenvalue weighted by Crippen LogP contribution is 2.32. The second-order valence-electron chi connectivity index (χ2n) is 3.21. The van der Waals surface area contributed by atoms with E-state index >= 15 is 0 Å². The number of halogens is 1. The second kappa shape index (κ2) is 3.70. The van der Waals surface area contributed by atoms with Gasteiger partial charge in [-0.15, -0.1) is 0 Å². The third kappa shape index (κ3) is 1.84. The molecule has 1 rings (SSSR count). The SMILES string of the molecule is O=C(C=CO)C1(F)CCCCC1. The van der Waals surface area contributed by atoms with E-state index in [2.05, 4.69) is 0 Å². The molecule has 0 saturated heterocycles. The molecule has 1 N–H and O–H groups in total. The molecule has 0 bridgehead atoms. The molecular weight excluding hydrogens is 159 g/mol. The molecule has 0 aromatic rings. The Labute approximate surface area is 71.1 Å². The van der Waals surface area contributed by atoms with Crippen LogP contribution in [0, 0.1) is 0 Å². The topological polar surface area (TPSA) is 37.3 Å². The summed E-state index contributed by atoms with van der Waals surface area (Å²) in [5.74, 6) is -0.593. The van der Waals surface area contributed by atoms with Crippen LogP contribution in [0.4, 0.5) is 4.39 Å². The molecule has 1 aliphatic rings. The zero-order valence-electron chi connectivity index (χ0n) is 6.92. The van der Waals surface area contributed by atoms with Crippen LogP contribution in [0.25, 0.3) is 0 Å². The van der Waals surface area contributed by atoms with E-state index in [1.54, 1.807) is 0 Å². The average molecular weight is 172 g/mol. The van der Waals surface area contributed by atoms with Crippen LogP contribution in [0.5, 0.6) is 0 Å². The molecule has 0 unspecified atom stereocenters. The molecule has 12 heavy (non-hydrogen) atoms. The molecule has 0 atom stereocenters. The first-order chi connectivity index (χ1) is 5.69. The van der Waals surface area contributed by atoms with Gasteiger partial charge in [-0.1, -0.05) is 6.42 Å². The lowest BCUT2D eigenvalue weighted by molar-refractivity contribution is -0.127. The van der Waals surface area contributed by atoms with Gasteiger partial charge in [0.05, 0.1) is 6.26 Å². The van der Waals surface area contributed by atoms with Gasteiger partial charge in [-0.25, -0.2) is 4.39 Å². The molecular formula is C9H13FO2. The first kappa shape index (κ1) is 9.23. The highest BCUT2D eigenvalue weighted by atomic mass is 19.1. The minimum atomic E-state index is -1.70. The van der Waals surface area contributed by atoms with E-state index in [9.17, 15) is 9.18 Å². The molecule has 0 radical (unpaired) electrons. The Morgan fingerprint density at radius 1 is 1.33 bits per heavy atom. The molecule has 0 spiro atoms. The van der Waals surface area contributed by atoms with E-state index in [-0.39, 0.29) is 0 Å². The van der Waals surface area contributed by atoms with Crippen molar-refractivity contribution in [2.24, 2.45) is 0 Å². The predicted molar refractivity (Wildman–Crippen MR) is 43.7 cm³/mol. The largest absolute Gasteiger partial charge is 0.515 e. The van der Waals surface area contributed by atoms with Gasteiger partial charge in [-0.05, 0) is 25.7 Å². The van der Waals surface area contributed by atoms with Crippen molar-refractivity contribution in [1.29, 1.82) is 0 Å². The molecule has 0 amide bonds. The van der Waals surface area contributed by atoms with E-state index in [0.29, 0.717) is 19.1 Å². The van der Waals surface area contributed by atoms with E-state index in [4.69, 9.17) is 5.11 Å². The number of carbonyl (C=O) groups is 1. The number of allylic oxidation sites excluding steroid dienone is 1. The van der Waals surface area contributed by atoms with Crippen LogP contribution in [0.2, 0.25) is 0 Å². The minimum absolute atomic E-state index is 0.302. The van der Waals surface area contributed by atoms with Crippen LogP contribution in [-0.4, -0.2) is 16.6 Å². The highest BCUT2D eigenvalue weighted by molar-refractivity contribution is 5.96.